The van der Waals surface area contributed by atoms with Crippen LogP contribution in [-0.4, -0.2) is 80.5 Å². The van der Waals surface area contributed by atoms with Gasteiger partial charge in [-0.2, -0.15) is 0 Å². The van der Waals surface area contributed by atoms with Gasteiger partial charge in [0, 0.05) is 26.2 Å². The first-order chi connectivity index (χ1) is 9.56. The third-order valence-corrected chi connectivity index (χ3v) is 7.10. The highest BCUT2D eigenvalue weighted by Gasteiger charge is 2.43. The summed E-state index contributed by atoms with van der Waals surface area (Å²) in [6.45, 7) is 4.82. The normalized spacial score (nSPS) is 31.6. The molecule has 3 fully saturated rings. The zero-order valence-corrected chi connectivity index (χ0v) is 12.6. The van der Waals surface area contributed by atoms with Crippen LogP contribution in [0.4, 0.5) is 0 Å². The molecule has 20 heavy (non-hydrogen) atoms. The molecule has 0 aromatic carbocycles. The van der Waals surface area contributed by atoms with Crippen LogP contribution in [-0.2, 0) is 14.8 Å². The van der Waals surface area contributed by atoms with Gasteiger partial charge in [-0.25, -0.2) is 12.7 Å². The van der Waals surface area contributed by atoms with Crippen LogP contribution < -0.4 is 0 Å². The lowest BCUT2D eigenvalue weighted by Crippen LogP contribution is -2.53. The largest absolute Gasteiger partial charge is 0.396 e. The predicted octanol–water partition coefficient (Wildman–Crippen LogP) is -0.505. The predicted molar refractivity (Wildman–Crippen MR) is 74.9 cm³/mol. The number of rotatable bonds is 5. The number of hydrogen-bond donors (Lipinski definition) is 1. The first kappa shape index (κ1) is 14.7. The number of nitrogens with zero attached hydrogens (tertiary/aromatic N) is 2. The summed E-state index contributed by atoms with van der Waals surface area (Å²) in [6.07, 6.45) is 2.68. The number of ether oxygens (including phenoxy) is 1. The van der Waals surface area contributed by atoms with Crippen LogP contribution in [0.5, 0.6) is 0 Å². The second-order valence-electron chi connectivity index (χ2n) is 6.45. The van der Waals surface area contributed by atoms with Crippen molar-refractivity contribution in [2.24, 2.45) is 5.41 Å². The molecular weight excluding hydrogens is 280 g/mol. The Labute approximate surface area is 120 Å². The molecule has 3 aliphatic heterocycles. The Kier molecular flexibility index (Phi) is 4.07. The van der Waals surface area contributed by atoms with Crippen molar-refractivity contribution in [3.8, 4) is 0 Å². The highest BCUT2D eigenvalue weighted by Crippen LogP contribution is 2.31. The van der Waals surface area contributed by atoms with Crippen LogP contribution in [0.25, 0.3) is 0 Å². The number of likely N-dealkylation sites (tertiary alicyclic amines) is 1. The van der Waals surface area contributed by atoms with E-state index < -0.39 is 10.0 Å². The summed E-state index contributed by atoms with van der Waals surface area (Å²) in [7, 11) is -3.12. The quantitative estimate of drug-likeness (QED) is 0.741. The molecule has 1 N–H and O–H groups in total. The van der Waals surface area contributed by atoms with Crippen molar-refractivity contribution in [2.75, 3.05) is 52.5 Å². The van der Waals surface area contributed by atoms with Gasteiger partial charge in [-0.15, -0.1) is 0 Å². The molecule has 0 amide bonds. The van der Waals surface area contributed by atoms with E-state index in [1.54, 1.807) is 4.31 Å². The standard InChI is InChI=1S/C13H24N2O4S/c16-9-13(10-19-11-13)8-14-6-3-12(7-14)20(17,18)15-4-1-2-5-15/h12,16H,1-11H2. The van der Waals surface area contributed by atoms with E-state index in [0.29, 0.717) is 39.3 Å². The fourth-order valence-corrected chi connectivity index (χ4v) is 5.43. The molecule has 0 aromatic heterocycles. The summed E-state index contributed by atoms with van der Waals surface area (Å²) in [4.78, 5) is 2.18. The highest BCUT2D eigenvalue weighted by atomic mass is 32.2. The van der Waals surface area contributed by atoms with Gasteiger partial charge in [-0.3, -0.25) is 0 Å². The summed E-state index contributed by atoms with van der Waals surface area (Å²) in [5.74, 6) is 0. The zero-order chi connectivity index (χ0) is 14.2. The van der Waals surface area contributed by atoms with Crippen molar-refractivity contribution >= 4 is 10.0 Å². The first-order valence-electron chi connectivity index (χ1n) is 7.46. The van der Waals surface area contributed by atoms with Gasteiger partial charge in [0.15, 0.2) is 0 Å². The van der Waals surface area contributed by atoms with Gasteiger partial charge in [0.05, 0.1) is 30.5 Å². The fraction of sp³-hybridized carbons (Fsp3) is 1.00. The summed E-state index contributed by atoms with van der Waals surface area (Å²) in [5, 5.41) is 9.20. The summed E-state index contributed by atoms with van der Waals surface area (Å²) in [5.41, 5.74) is -0.160. The lowest BCUT2D eigenvalue weighted by Gasteiger charge is -2.42. The van der Waals surface area contributed by atoms with Crippen molar-refractivity contribution in [3.05, 3.63) is 0 Å². The van der Waals surface area contributed by atoms with Gasteiger partial charge in [-0.05, 0) is 25.8 Å². The van der Waals surface area contributed by atoms with E-state index in [4.69, 9.17) is 4.74 Å². The van der Waals surface area contributed by atoms with E-state index in [2.05, 4.69) is 4.90 Å². The van der Waals surface area contributed by atoms with Crippen molar-refractivity contribution in [3.63, 3.8) is 0 Å². The fourth-order valence-electron chi connectivity index (χ4n) is 3.43. The molecule has 7 heteroatoms. The average molecular weight is 304 g/mol. The van der Waals surface area contributed by atoms with Gasteiger partial charge in [0.1, 0.15) is 0 Å². The summed E-state index contributed by atoms with van der Waals surface area (Å²) >= 11 is 0. The van der Waals surface area contributed by atoms with Crippen molar-refractivity contribution in [1.29, 1.82) is 0 Å². The minimum atomic E-state index is -3.12. The van der Waals surface area contributed by atoms with E-state index in [-0.39, 0.29) is 17.3 Å². The van der Waals surface area contributed by atoms with Gasteiger partial charge in [0.2, 0.25) is 10.0 Å². The summed E-state index contributed by atoms with van der Waals surface area (Å²) < 4.78 is 31.9. The van der Waals surface area contributed by atoms with Crippen molar-refractivity contribution in [1.82, 2.24) is 9.21 Å². The molecule has 3 heterocycles. The minimum absolute atomic E-state index is 0.118. The maximum atomic E-state index is 12.5. The molecule has 0 radical (unpaired) electrons. The molecule has 0 bridgehead atoms. The van der Waals surface area contributed by atoms with Crippen LogP contribution in [0, 0.1) is 5.41 Å². The highest BCUT2D eigenvalue weighted by molar-refractivity contribution is 7.89. The monoisotopic (exact) mass is 304 g/mol. The number of aliphatic hydroxyl groups excluding tert-OH is 1. The number of hydrogen-bond acceptors (Lipinski definition) is 5. The minimum Gasteiger partial charge on any atom is -0.396 e. The molecule has 0 spiro atoms. The second kappa shape index (κ2) is 5.53. The maximum absolute atomic E-state index is 12.5. The smallest absolute Gasteiger partial charge is 0.218 e. The van der Waals surface area contributed by atoms with Gasteiger partial charge in [0.25, 0.3) is 0 Å². The Morgan fingerprint density at radius 1 is 1.20 bits per heavy atom. The second-order valence-corrected chi connectivity index (χ2v) is 8.66. The molecule has 6 nitrogen and oxygen atoms in total. The van der Waals surface area contributed by atoms with Crippen LogP contribution in [0.2, 0.25) is 0 Å². The molecule has 3 aliphatic rings. The Morgan fingerprint density at radius 2 is 1.90 bits per heavy atom. The van der Waals surface area contributed by atoms with E-state index in [9.17, 15) is 13.5 Å². The molecule has 1 atom stereocenters. The average Bonchev–Trinajstić information content (AvgIpc) is 3.05. The van der Waals surface area contributed by atoms with Crippen molar-refractivity contribution < 1.29 is 18.3 Å². The Bertz CT molecular complexity index is 438. The molecule has 116 valence electrons. The molecule has 1 unspecified atom stereocenters. The first-order valence-corrected chi connectivity index (χ1v) is 8.96. The Morgan fingerprint density at radius 3 is 2.45 bits per heavy atom. The van der Waals surface area contributed by atoms with Crippen LogP contribution in [0.1, 0.15) is 19.3 Å². The molecule has 0 aromatic rings. The Balaban J connectivity index is 1.59. The summed E-state index contributed by atoms with van der Waals surface area (Å²) in [6, 6.07) is 0. The third kappa shape index (κ3) is 2.62. The molecular formula is C13H24N2O4S. The number of aliphatic hydroxyl groups is 1. The van der Waals surface area contributed by atoms with Crippen LogP contribution >= 0.6 is 0 Å². The number of sulfonamides is 1. The van der Waals surface area contributed by atoms with Crippen LogP contribution in [0.3, 0.4) is 0 Å². The topological polar surface area (TPSA) is 70.1 Å². The van der Waals surface area contributed by atoms with Crippen molar-refractivity contribution in [2.45, 2.75) is 24.5 Å². The molecule has 3 saturated heterocycles. The lowest BCUT2D eigenvalue weighted by atomic mass is 9.86. The van der Waals surface area contributed by atoms with E-state index >= 15 is 0 Å². The van der Waals surface area contributed by atoms with Gasteiger partial charge in [-0.1, -0.05) is 0 Å². The van der Waals surface area contributed by atoms with Gasteiger partial charge < -0.3 is 14.7 Å². The molecule has 3 rings (SSSR count). The molecule has 0 saturated carbocycles. The van der Waals surface area contributed by atoms with E-state index in [0.717, 1.165) is 25.9 Å². The zero-order valence-electron chi connectivity index (χ0n) is 11.8. The van der Waals surface area contributed by atoms with Gasteiger partial charge >= 0.3 is 0 Å². The van der Waals surface area contributed by atoms with E-state index in [1.165, 1.54) is 0 Å². The Hall–Kier alpha value is -0.210. The maximum Gasteiger partial charge on any atom is 0.218 e. The van der Waals surface area contributed by atoms with E-state index in [1.807, 2.05) is 0 Å². The molecule has 0 aliphatic carbocycles. The lowest BCUT2D eigenvalue weighted by molar-refractivity contribution is -0.146. The third-order valence-electron chi connectivity index (χ3n) is 4.79. The van der Waals surface area contributed by atoms with Crippen LogP contribution in [0.15, 0.2) is 0 Å². The SMILES string of the molecule is O=S(=O)(C1CCN(CC2(CO)COC2)C1)N1CCCC1.